The Morgan fingerprint density at radius 3 is 2.11 bits per heavy atom. The number of alkyl halides is 2. The quantitative estimate of drug-likeness (QED) is 0.437. The van der Waals surface area contributed by atoms with Crippen molar-refractivity contribution in [2.75, 3.05) is 11.5 Å². The maximum Gasteiger partial charge on any atom is 0.292 e. The summed E-state index contributed by atoms with van der Waals surface area (Å²) >= 11 is 0. The molecule has 0 aliphatic heterocycles. The van der Waals surface area contributed by atoms with Gasteiger partial charge in [0, 0.05) is 5.56 Å². The smallest absolute Gasteiger partial charge is 0.292 e. The first-order valence-corrected chi connectivity index (χ1v) is 13.3. The summed E-state index contributed by atoms with van der Waals surface area (Å²) in [6, 6.07) is 6.03. The molecule has 0 spiro atoms. The summed E-state index contributed by atoms with van der Waals surface area (Å²) in [7, 11) is -3.82. The normalized spacial score (nSPS) is 18.6. The molecule has 36 heavy (non-hydrogen) atoms. The standard InChI is InChI=1S/C25H25F4N3O3S/c26-19-7-3-17(4-8-19)22(25(28,29)18-5-9-20(27)10-6-18)31-21(14-36(34,35)13-16-1-2-16)23(33)32-24(15-30)11-12-24/h3-10,16,21-22,31H,1-2,11-14H2,(H,32,33)/t21?,22-/m1/s1. The Labute approximate surface area is 206 Å². The summed E-state index contributed by atoms with van der Waals surface area (Å²) in [6.45, 7) is 0. The minimum atomic E-state index is -3.82. The third-order valence-electron chi connectivity index (χ3n) is 6.41. The van der Waals surface area contributed by atoms with Gasteiger partial charge in [0.1, 0.15) is 29.3 Å². The highest BCUT2D eigenvalue weighted by Crippen LogP contribution is 2.41. The number of nitrogens with zero attached hydrogens (tertiary/aromatic N) is 1. The van der Waals surface area contributed by atoms with Crippen molar-refractivity contribution in [2.24, 2.45) is 5.92 Å². The predicted molar refractivity (Wildman–Crippen MR) is 123 cm³/mol. The first-order valence-electron chi connectivity index (χ1n) is 11.5. The Bertz CT molecular complexity index is 1250. The van der Waals surface area contributed by atoms with Crippen LogP contribution in [-0.4, -0.2) is 37.4 Å². The second-order valence-corrected chi connectivity index (χ2v) is 11.7. The molecule has 0 aromatic heterocycles. The molecule has 0 heterocycles. The molecule has 2 aliphatic rings. The summed E-state index contributed by atoms with van der Waals surface area (Å²) in [5.74, 6) is -7.00. The lowest BCUT2D eigenvalue weighted by atomic mass is 9.93. The van der Waals surface area contributed by atoms with E-state index in [1.54, 1.807) is 0 Å². The number of carbonyl (C=O) groups is 1. The van der Waals surface area contributed by atoms with Gasteiger partial charge in [-0.1, -0.05) is 24.3 Å². The number of hydrogen-bond donors (Lipinski definition) is 2. The van der Waals surface area contributed by atoms with E-state index >= 15 is 8.78 Å². The molecule has 4 rings (SSSR count). The van der Waals surface area contributed by atoms with Gasteiger partial charge in [0.15, 0.2) is 9.84 Å². The van der Waals surface area contributed by atoms with Crippen LogP contribution in [0.4, 0.5) is 17.6 Å². The molecular formula is C25H25F4N3O3S. The molecule has 1 amide bonds. The summed E-state index contributed by atoms with van der Waals surface area (Å²) in [6.07, 6.45) is 2.21. The fraction of sp³-hybridized carbons (Fsp3) is 0.440. The van der Waals surface area contributed by atoms with Crippen LogP contribution >= 0.6 is 0 Å². The van der Waals surface area contributed by atoms with Crippen LogP contribution < -0.4 is 10.6 Å². The molecule has 11 heteroatoms. The number of sulfone groups is 1. The molecule has 1 unspecified atom stereocenters. The number of carbonyl (C=O) groups excluding carboxylic acids is 1. The third kappa shape index (κ3) is 6.23. The van der Waals surface area contributed by atoms with E-state index in [1.165, 1.54) is 0 Å². The van der Waals surface area contributed by atoms with Crippen LogP contribution in [0.1, 0.15) is 42.9 Å². The lowest BCUT2D eigenvalue weighted by molar-refractivity contribution is -0.124. The summed E-state index contributed by atoms with van der Waals surface area (Å²) in [5.41, 5.74) is -1.84. The maximum atomic E-state index is 15.8. The summed E-state index contributed by atoms with van der Waals surface area (Å²) < 4.78 is 84.2. The number of hydrogen-bond acceptors (Lipinski definition) is 5. The van der Waals surface area contributed by atoms with Crippen LogP contribution in [0.25, 0.3) is 0 Å². The average Bonchev–Trinajstić information content (AvgIpc) is 3.75. The zero-order valence-electron chi connectivity index (χ0n) is 19.2. The zero-order chi connectivity index (χ0) is 26.1. The Morgan fingerprint density at radius 1 is 1.06 bits per heavy atom. The average molecular weight is 524 g/mol. The molecule has 0 radical (unpaired) electrons. The molecule has 2 fully saturated rings. The van der Waals surface area contributed by atoms with Gasteiger partial charge in [0.2, 0.25) is 5.91 Å². The second-order valence-electron chi connectivity index (χ2n) is 9.54. The number of benzene rings is 2. The fourth-order valence-corrected chi connectivity index (χ4v) is 5.93. The Hall–Kier alpha value is -2.97. The van der Waals surface area contributed by atoms with Crippen LogP contribution in [0, 0.1) is 28.9 Å². The number of nitrogens with one attached hydrogen (secondary N) is 2. The van der Waals surface area contributed by atoms with E-state index in [0.29, 0.717) is 12.8 Å². The molecule has 192 valence electrons. The fourth-order valence-electron chi connectivity index (χ4n) is 3.98. The van der Waals surface area contributed by atoms with Gasteiger partial charge >= 0.3 is 0 Å². The van der Waals surface area contributed by atoms with Crippen molar-refractivity contribution >= 4 is 15.7 Å². The molecule has 2 N–H and O–H groups in total. The van der Waals surface area contributed by atoms with Crippen molar-refractivity contribution in [3.05, 3.63) is 71.3 Å². The topological polar surface area (TPSA) is 99.1 Å². The van der Waals surface area contributed by atoms with Gasteiger partial charge in [-0.25, -0.2) is 17.2 Å². The Morgan fingerprint density at radius 2 is 1.61 bits per heavy atom. The molecule has 2 aromatic carbocycles. The van der Waals surface area contributed by atoms with E-state index in [9.17, 15) is 27.3 Å². The van der Waals surface area contributed by atoms with Crippen molar-refractivity contribution in [3.8, 4) is 6.07 Å². The predicted octanol–water partition coefficient (Wildman–Crippen LogP) is 3.75. The van der Waals surface area contributed by atoms with E-state index in [4.69, 9.17) is 0 Å². The van der Waals surface area contributed by atoms with Crippen LogP contribution in [0.5, 0.6) is 0 Å². The Kier molecular flexibility index (Phi) is 7.12. The number of nitriles is 1. The molecule has 2 atom stereocenters. The molecule has 2 saturated carbocycles. The third-order valence-corrected chi connectivity index (χ3v) is 8.23. The highest BCUT2D eigenvalue weighted by Gasteiger charge is 2.48. The van der Waals surface area contributed by atoms with Crippen molar-refractivity contribution < 1.29 is 30.8 Å². The van der Waals surface area contributed by atoms with Crippen LogP contribution in [-0.2, 0) is 20.6 Å². The van der Waals surface area contributed by atoms with Gasteiger partial charge in [-0.3, -0.25) is 10.1 Å². The molecule has 6 nitrogen and oxygen atoms in total. The lowest BCUT2D eigenvalue weighted by Crippen LogP contribution is -2.54. The lowest BCUT2D eigenvalue weighted by Gasteiger charge is -2.32. The van der Waals surface area contributed by atoms with Crippen LogP contribution in [0.2, 0.25) is 0 Å². The molecule has 2 aliphatic carbocycles. The van der Waals surface area contributed by atoms with E-state index in [2.05, 4.69) is 10.6 Å². The van der Waals surface area contributed by atoms with Gasteiger partial charge < -0.3 is 5.32 Å². The van der Waals surface area contributed by atoms with Gasteiger partial charge in [-0.05, 0) is 61.4 Å². The highest BCUT2D eigenvalue weighted by atomic mass is 32.2. The van der Waals surface area contributed by atoms with Crippen molar-refractivity contribution in [2.45, 2.75) is 49.2 Å². The second kappa shape index (κ2) is 9.82. The van der Waals surface area contributed by atoms with Gasteiger partial charge in [-0.15, -0.1) is 0 Å². The number of halogens is 4. The number of rotatable bonds is 11. The summed E-state index contributed by atoms with van der Waals surface area (Å²) in [5, 5.41) is 14.3. The van der Waals surface area contributed by atoms with Crippen molar-refractivity contribution in [3.63, 3.8) is 0 Å². The van der Waals surface area contributed by atoms with E-state index in [1.807, 2.05) is 6.07 Å². The van der Waals surface area contributed by atoms with E-state index < -0.39 is 62.2 Å². The SMILES string of the molecule is N#CC1(NC(=O)C(CS(=O)(=O)CC2CC2)N[C@H](c2ccc(F)cc2)C(F)(F)c2ccc(F)cc2)CC1. The van der Waals surface area contributed by atoms with E-state index in [0.717, 1.165) is 61.4 Å². The van der Waals surface area contributed by atoms with Crippen molar-refractivity contribution in [1.29, 1.82) is 5.26 Å². The number of amides is 1. The molecule has 0 saturated heterocycles. The minimum Gasteiger partial charge on any atom is -0.336 e. The van der Waals surface area contributed by atoms with E-state index in [-0.39, 0.29) is 17.2 Å². The first kappa shape index (κ1) is 26.1. The Balaban J connectivity index is 1.69. The zero-order valence-corrected chi connectivity index (χ0v) is 20.0. The van der Waals surface area contributed by atoms with Gasteiger partial charge in [0.05, 0.1) is 17.6 Å². The molecular weight excluding hydrogens is 498 g/mol. The van der Waals surface area contributed by atoms with Gasteiger partial charge in [0.25, 0.3) is 5.92 Å². The first-order chi connectivity index (χ1) is 16.9. The monoisotopic (exact) mass is 523 g/mol. The van der Waals surface area contributed by atoms with Crippen LogP contribution in [0.15, 0.2) is 48.5 Å². The molecule has 2 aromatic rings. The van der Waals surface area contributed by atoms with Crippen molar-refractivity contribution in [1.82, 2.24) is 10.6 Å². The van der Waals surface area contributed by atoms with Gasteiger partial charge in [-0.2, -0.15) is 14.0 Å². The van der Waals surface area contributed by atoms with Crippen LogP contribution in [0.3, 0.4) is 0 Å². The summed E-state index contributed by atoms with van der Waals surface area (Å²) in [4.78, 5) is 13.1. The largest absolute Gasteiger partial charge is 0.336 e. The minimum absolute atomic E-state index is 0.0267. The maximum absolute atomic E-state index is 15.8. The molecule has 0 bridgehead atoms. The highest BCUT2D eigenvalue weighted by molar-refractivity contribution is 7.91.